The van der Waals surface area contributed by atoms with Gasteiger partial charge in [-0.25, -0.2) is 4.39 Å². The van der Waals surface area contributed by atoms with E-state index in [-0.39, 0.29) is 7.24 Å². The zero-order valence-corrected chi connectivity index (χ0v) is 10.9. The standard InChI is InChI=1S/C15H13FN4.H2/c1-17-15-13(10-6-8-18-9-7-10)14(19-20-15)11-2-4-12(16)5-3-11;/h2-9H,1H3,(H2,17,19,20);1H. The van der Waals surface area contributed by atoms with E-state index in [0.29, 0.717) is 0 Å². The average Bonchev–Trinajstić information content (AvgIpc) is 2.93. The summed E-state index contributed by atoms with van der Waals surface area (Å²) in [4.78, 5) is 4.02. The molecule has 4 nitrogen and oxygen atoms in total. The van der Waals surface area contributed by atoms with E-state index in [1.807, 2.05) is 19.2 Å². The molecule has 0 bridgehead atoms. The maximum Gasteiger partial charge on any atom is 0.156 e. The van der Waals surface area contributed by atoms with Crippen LogP contribution in [0.4, 0.5) is 10.2 Å². The summed E-state index contributed by atoms with van der Waals surface area (Å²) in [7, 11) is 1.81. The number of rotatable bonds is 3. The number of anilines is 1. The Bertz CT molecular complexity index is 710. The van der Waals surface area contributed by atoms with Crippen LogP contribution in [-0.4, -0.2) is 22.2 Å². The monoisotopic (exact) mass is 270 g/mol. The van der Waals surface area contributed by atoms with Gasteiger partial charge in [-0.3, -0.25) is 10.1 Å². The average molecular weight is 270 g/mol. The molecule has 2 heterocycles. The molecule has 0 atom stereocenters. The summed E-state index contributed by atoms with van der Waals surface area (Å²) in [5, 5.41) is 10.3. The Kier molecular flexibility index (Phi) is 3.16. The lowest BCUT2D eigenvalue weighted by Crippen LogP contribution is -1.91. The summed E-state index contributed by atoms with van der Waals surface area (Å²) >= 11 is 0. The molecule has 3 aromatic rings. The van der Waals surface area contributed by atoms with Gasteiger partial charge in [0.15, 0.2) is 5.82 Å². The van der Waals surface area contributed by atoms with Gasteiger partial charge >= 0.3 is 0 Å². The summed E-state index contributed by atoms with van der Waals surface area (Å²) in [6, 6.07) is 10.2. The zero-order chi connectivity index (χ0) is 13.9. The topological polar surface area (TPSA) is 53.6 Å². The summed E-state index contributed by atoms with van der Waals surface area (Å²) in [6.07, 6.45) is 3.46. The molecule has 0 unspecified atom stereocenters. The van der Waals surface area contributed by atoms with Crippen molar-refractivity contribution in [2.75, 3.05) is 12.4 Å². The second-order valence-electron chi connectivity index (χ2n) is 4.31. The predicted molar refractivity (Wildman–Crippen MR) is 78.9 cm³/mol. The van der Waals surface area contributed by atoms with E-state index in [1.165, 1.54) is 12.1 Å². The van der Waals surface area contributed by atoms with Crippen LogP contribution in [0, 0.1) is 5.82 Å². The quantitative estimate of drug-likeness (QED) is 0.765. The summed E-state index contributed by atoms with van der Waals surface area (Å²) in [5.41, 5.74) is 3.67. The number of halogens is 1. The van der Waals surface area contributed by atoms with Gasteiger partial charge in [0, 0.05) is 26.4 Å². The van der Waals surface area contributed by atoms with Crippen LogP contribution < -0.4 is 5.32 Å². The van der Waals surface area contributed by atoms with E-state index in [2.05, 4.69) is 20.5 Å². The summed E-state index contributed by atoms with van der Waals surface area (Å²) in [6.45, 7) is 0. The molecular formula is C15H15FN4. The lowest BCUT2D eigenvalue weighted by molar-refractivity contribution is 0.628. The highest BCUT2D eigenvalue weighted by atomic mass is 19.1. The molecule has 102 valence electrons. The van der Waals surface area contributed by atoms with E-state index in [4.69, 9.17) is 0 Å². The van der Waals surface area contributed by atoms with Crippen molar-refractivity contribution in [2.45, 2.75) is 0 Å². The molecule has 1 aromatic carbocycles. The fourth-order valence-electron chi connectivity index (χ4n) is 2.15. The molecule has 0 saturated heterocycles. The number of benzene rings is 1. The summed E-state index contributed by atoms with van der Waals surface area (Å²) < 4.78 is 13.1. The maximum atomic E-state index is 13.1. The smallest absolute Gasteiger partial charge is 0.156 e. The van der Waals surface area contributed by atoms with Gasteiger partial charge in [0.05, 0.1) is 11.3 Å². The number of hydrogen-bond acceptors (Lipinski definition) is 3. The van der Waals surface area contributed by atoms with Gasteiger partial charge in [-0.05, 0) is 42.0 Å². The largest absolute Gasteiger partial charge is 0.371 e. The van der Waals surface area contributed by atoms with Crippen LogP contribution in [0.2, 0.25) is 0 Å². The Morgan fingerprint density at radius 1 is 1.05 bits per heavy atom. The molecule has 20 heavy (non-hydrogen) atoms. The Labute approximate surface area is 117 Å². The predicted octanol–water partition coefficient (Wildman–Crippen LogP) is 3.57. The van der Waals surface area contributed by atoms with E-state index >= 15 is 0 Å². The molecule has 5 heteroatoms. The van der Waals surface area contributed by atoms with Crippen molar-refractivity contribution in [3.63, 3.8) is 0 Å². The molecular weight excluding hydrogens is 255 g/mol. The minimum atomic E-state index is -0.257. The molecule has 2 N–H and O–H groups in total. The Morgan fingerprint density at radius 2 is 1.75 bits per heavy atom. The van der Waals surface area contributed by atoms with Crippen molar-refractivity contribution in [3.8, 4) is 22.4 Å². The van der Waals surface area contributed by atoms with Crippen LogP contribution in [0.25, 0.3) is 22.4 Å². The van der Waals surface area contributed by atoms with Gasteiger partial charge in [0.2, 0.25) is 0 Å². The molecule has 0 amide bonds. The highest BCUT2D eigenvalue weighted by Gasteiger charge is 2.15. The number of H-pyrrole nitrogens is 1. The highest BCUT2D eigenvalue weighted by molar-refractivity contribution is 5.88. The third-order valence-corrected chi connectivity index (χ3v) is 3.11. The molecule has 0 aliphatic carbocycles. The zero-order valence-electron chi connectivity index (χ0n) is 10.9. The lowest BCUT2D eigenvalue weighted by atomic mass is 10.0. The van der Waals surface area contributed by atoms with Crippen LogP contribution in [0.3, 0.4) is 0 Å². The number of aromatic nitrogens is 3. The third kappa shape index (κ3) is 2.14. The normalized spacial score (nSPS) is 10.5. The van der Waals surface area contributed by atoms with Crippen LogP contribution >= 0.6 is 0 Å². The molecule has 0 saturated carbocycles. The van der Waals surface area contributed by atoms with E-state index in [1.54, 1.807) is 24.5 Å². The first-order chi connectivity index (χ1) is 9.79. The van der Waals surface area contributed by atoms with Crippen molar-refractivity contribution in [2.24, 2.45) is 0 Å². The Hall–Kier alpha value is -2.69. The van der Waals surface area contributed by atoms with E-state index in [0.717, 1.165) is 28.2 Å². The number of pyridine rings is 1. The van der Waals surface area contributed by atoms with Gasteiger partial charge in [-0.1, -0.05) is 0 Å². The van der Waals surface area contributed by atoms with Gasteiger partial charge < -0.3 is 5.32 Å². The number of aromatic amines is 1. The van der Waals surface area contributed by atoms with Crippen molar-refractivity contribution in [3.05, 3.63) is 54.6 Å². The molecule has 0 aliphatic heterocycles. The Morgan fingerprint density at radius 3 is 2.40 bits per heavy atom. The number of nitrogens with zero attached hydrogens (tertiary/aromatic N) is 2. The second kappa shape index (κ2) is 5.13. The molecule has 0 radical (unpaired) electrons. The summed E-state index contributed by atoms with van der Waals surface area (Å²) in [5.74, 6) is 0.489. The van der Waals surface area contributed by atoms with Crippen LogP contribution in [0.15, 0.2) is 48.8 Å². The maximum absolute atomic E-state index is 13.1. The van der Waals surface area contributed by atoms with E-state index in [9.17, 15) is 4.39 Å². The second-order valence-corrected chi connectivity index (χ2v) is 4.31. The molecule has 0 spiro atoms. The fraction of sp³-hybridized carbons (Fsp3) is 0.0667. The first kappa shape index (κ1) is 12.3. The van der Waals surface area contributed by atoms with Crippen molar-refractivity contribution >= 4 is 5.82 Å². The minimum Gasteiger partial charge on any atom is -0.371 e. The minimum absolute atomic E-state index is 0. The Balaban J connectivity index is 0.00000161. The number of hydrogen-bond donors (Lipinski definition) is 2. The molecule has 0 fully saturated rings. The van der Waals surface area contributed by atoms with Gasteiger partial charge in [-0.2, -0.15) is 5.10 Å². The van der Waals surface area contributed by atoms with Crippen LogP contribution in [0.5, 0.6) is 0 Å². The first-order valence-electron chi connectivity index (χ1n) is 6.22. The van der Waals surface area contributed by atoms with Crippen molar-refractivity contribution < 1.29 is 5.82 Å². The van der Waals surface area contributed by atoms with Crippen molar-refractivity contribution in [1.82, 2.24) is 15.2 Å². The van der Waals surface area contributed by atoms with Gasteiger partial charge in [0.1, 0.15) is 5.82 Å². The van der Waals surface area contributed by atoms with Crippen LogP contribution in [-0.2, 0) is 0 Å². The van der Waals surface area contributed by atoms with E-state index < -0.39 is 0 Å². The third-order valence-electron chi connectivity index (χ3n) is 3.11. The number of nitrogens with one attached hydrogen (secondary N) is 2. The lowest BCUT2D eigenvalue weighted by Gasteiger charge is -2.06. The molecule has 2 aromatic heterocycles. The molecule has 0 aliphatic rings. The van der Waals surface area contributed by atoms with Gasteiger partial charge in [0.25, 0.3) is 0 Å². The first-order valence-corrected chi connectivity index (χ1v) is 6.22. The molecule has 3 rings (SSSR count). The SMILES string of the molecule is CNc1n[nH]c(-c2ccc(F)cc2)c1-c1ccncc1.[HH]. The highest BCUT2D eigenvalue weighted by Crippen LogP contribution is 2.35. The fourth-order valence-corrected chi connectivity index (χ4v) is 2.15. The van der Waals surface area contributed by atoms with Gasteiger partial charge in [-0.15, -0.1) is 0 Å². The van der Waals surface area contributed by atoms with Crippen molar-refractivity contribution in [1.29, 1.82) is 0 Å². The van der Waals surface area contributed by atoms with Crippen LogP contribution in [0.1, 0.15) is 1.43 Å².